The van der Waals surface area contributed by atoms with Crippen LogP contribution in [-0.2, 0) is 28.6 Å². The number of ether oxygens (including phenoxy) is 3. The maximum Gasteiger partial charge on any atom is 0.306 e. The maximum atomic E-state index is 12.9. The zero-order valence-electron chi connectivity index (χ0n) is 48.2. The summed E-state index contributed by atoms with van der Waals surface area (Å²) in [5, 5.41) is 0. The van der Waals surface area contributed by atoms with Crippen LogP contribution in [0.4, 0.5) is 0 Å². The zero-order valence-corrected chi connectivity index (χ0v) is 48.2. The van der Waals surface area contributed by atoms with Gasteiger partial charge in [0, 0.05) is 19.3 Å². The van der Waals surface area contributed by atoms with Gasteiger partial charge < -0.3 is 14.2 Å². The van der Waals surface area contributed by atoms with E-state index < -0.39 is 6.10 Å². The Morgan fingerprint density at radius 2 is 0.528 bits per heavy atom. The summed E-state index contributed by atoms with van der Waals surface area (Å²) in [6.45, 7) is 6.59. The van der Waals surface area contributed by atoms with E-state index in [2.05, 4.69) is 69.4 Å². The van der Waals surface area contributed by atoms with Crippen molar-refractivity contribution in [2.24, 2.45) is 0 Å². The fourth-order valence-electron chi connectivity index (χ4n) is 9.24. The van der Waals surface area contributed by atoms with E-state index >= 15 is 0 Å². The normalized spacial score (nSPS) is 12.3. The van der Waals surface area contributed by atoms with Gasteiger partial charge in [-0.2, -0.15) is 0 Å². The standard InChI is InChI=1S/C66H120O6/c1-4-7-10-13-16-19-22-24-26-28-29-30-31-32-33-34-35-36-37-39-40-42-44-47-50-53-56-59-65(68)71-62-63(61-70-64(67)58-55-52-49-46-21-18-15-12-9-6-3)72-66(69)60-57-54-51-48-45-43-41-38-27-25-23-20-17-14-11-8-5-2/h12,15,22,24-25,27-29,63H,4-11,13-14,16-21,23,26,30-62H2,1-3H3/b15-12-,24-22-,27-25-,29-28-. The molecule has 0 aromatic heterocycles. The molecule has 1 unspecified atom stereocenters. The number of rotatable bonds is 58. The molecule has 72 heavy (non-hydrogen) atoms. The van der Waals surface area contributed by atoms with Crippen molar-refractivity contribution in [3.05, 3.63) is 48.6 Å². The zero-order chi connectivity index (χ0) is 52.2. The summed E-state index contributed by atoms with van der Waals surface area (Å²) < 4.78 is 16.9. The average molecular weight is 1010 g/mol. The van der Waals surface area contributed by atoms with Crippen LogP contribution in [0, 0.1) is 0 Å². The Morgan fingerprint density at radius 3 is 0.833 bits per heavy atom. The highest BCUT2D eigenvalue weighted by molar-refractivity contribution is 5.71. The van der Waals surface area contributed by atoms with Crippen LogP contribution in [0.25, 0.3) is 0 Å². The van der Waals surface area contributed by atoms with Gasteiger partial charge in [-0.05, 0) is 96.3 Å². The van der Waals surface area contributed by atoms with E-state index in [1.807, 2.05) is 0 Å². The number of hydrogen-bond donors (Lipinski definition) is 0. The second-order valence-corrected chi connectivity index (χ2v) is 21.3. The summed E-state index contributed by atoms with van der Waals surface area (Å²) in [6, 6.07) is 0. The molecule has 0 aromatic rings. The number of allylic oxidation sites excluding steroid dienone is 8. The van der Waals surface area contributed by atoms with Crippen LogP contribution < -0.4 is 0 Å². The lowest BCUT2D eigenvalue weighted by Gasteiger charge is -2.18. The van der Waals surface area contributed by atoms with Crippen molar-refractivity contribution in [2.75, 3.05) is 13.2 Å². The third kappa shape index (κ3) is 58.3. The van der Waals surface area contributed by atoms with Gasteiger partial charge in [-0.3, -0.25) is 14.4 Å². The Bertz CT molecular complexity index is 1250. The van der Waals surface area contributed by atoms with Crippen LogP contribution in [0.3, 0.4) is 0 Å². The molecule has 0 aromatic carbocycles. The van der Waals surface area contributed by atoms with E-state index in [-0.39, 0.29) is 31.1 Å². The third-order valence-electron chi connectivity index (χ3n) is 14.0. The molecule has 0 N–H and O–H groups in total. The van der Waals surface area contributed by atoms with Crippen molar-refractivity contribution in [3.63, 3.8) is 0 Å². The predicted molar refractivity (Wildman–Crippen MR) is 312 cm³/mol. The Hall–Kier alpha value is -2.63. The van der Waals surface area contributed by atoms with Gasteiger partial charge in [0.2, 0.25) is 0 Å². The molecular formula is C66H120O6. The Labute approximate surface area is 448 Å². The Morgan fingerprint density at radius 1 is 0.278 bits per heavy atom. The molecule has 0 amide bonds. The van der Waals surface area contributed by atoms with E-state index in [1.165, 1.54) is 218 Å². The average Bonchev–Trinajstić information content (AvgIpc) is 3.38. The fraction of sp³-hybridized carbons (Fsp3) is 0.833. The lowest BCUT2D eigenvalue weighted by molar-refractivity contribution is -0.167. The monoisotopic (exact) mass is 1010 g/mol. The molecule has 0 saturated carbocycles. The summed E-state index contributed by atoms with van der Waals surface area (Å²) in [5.41, 5.74) is 0. The van der Waals surface area contributed by atoms with Crippen molar-refractivity contribution in [2.45, 2.75) is 341 Å². The highest BCUT2D eigenvalue weighted by atomic mass is 16.6. The van der Waals surface area contributed by atoms with Crippen LogP contribution in [0.1, 0.15) is 335 Å². The minimum absolute atomic E-state index is 0.0750. The predicted octanol–water partition coefficient (Wildman–Crippen LogP) is 21.4. The fourth-order valence-corrected chi connectivity index (χ4v) is 9.24. The van der Waals surface area contributed by atoms with Crippen molar-refractivity contribution in [3.8, 4) is 0 Å². The highest BCUT2D eigenvalue weighted by Gasteiger charge is 2.19. The minimum Gasteiger partial charge on any atom is -0.462 e. The first-order valence-corrected chi connectivity index (χ1v) is 31.6. The van der Waals surface area contributed by atoms with E-state index in [4.69, 9.17) is 14.2 Å². The smallest absolute Gasteiger partial charge is 0.306 e. The molecule has 0 saturated heterocycles. The largest absolute Gasteiger partial charge is 0.462 e. The van der Waals surface area contributed by atoms with Crippen LogP contribution in [0.2, 0.25) is 0 Å². The third-order valence-corrected chi connectivity index (χ3v) is 14.0. The van der Waals surface area contributed by atoms with Gasteiger partial charge in [0.05, 0.1) is 0 Å². The topological polar surface area (TPSA) is 78.9 Å². The molecule has 6 heteroatoms. The Kier molecular flexibility index (Phi) is 58.7. The van der Waals surface area contributed by atoms with Gasteiger partial charge in [-0.25, -0.2) is 0 Å². The molecule has 1 atom stereocenters. The van der Waals surface area contributed by atoms with Crippen LogP contribution >= 0.6 is 0 Å². The molecule has 0 heterocycles. The summed E-state index contributed by atoms with van der Waals surface area (Å²) in [5.74, 6) is -0.874. The van der Waals surface area contributed by atoms with Gasteiger partial charge in [0.1, 0.15) is 13.2 Å². The lowest BCUT2D eigenvalue weighted by atomic mass is 10.0. The number of carbonyl (C=O) groups is 3. The second kappa shape index (κ2) is 60.9. The molecule has 0 aliphatic heterocycles. The second-order valence-electron chi connectivity index (χ2n) is 21.3. The van der Waals surface area contributed by atoms with Crippen molar-refractivity contribution < 1.29 is 28.6 Å². The van der Waals surface area contributed by atoms with Gasteiger partial charge >= 0.3 is 17.9 Å². The maximum absolute atomic E-state index is 12.9. The van der Waals surface area contributed by atoms with Gasteiger partial charge in [-0.15, -0.1) is 0 Å². The molecule has 0 fully saturated rings. The van der Waals surface area contributed by atoms with E-state index in [9.17, 15) is 14.4 Å². The summed E-state index contributed by atoms with van der Waals surface area (Å²) >= 11 is 0. The molecule has 0 spiro atoms. The summed E-state index contributed by atoms with van der Waals surface area (Å²) in [6.07, 6.45) is 75.6. The molecule has 0 aliphatic carbocycles. The molecule has 0 bridgehead atoms. The first kappa shape index (κ1) is 69.4. The number of esters is 3. The van der Waals surface area contributed by atoms with Gasteiger partial charge in [0.15, 0.2) is 6.10 Å². The highest BCUT2D eigenvalue weighted by Crippen LogP contribution is 2.17. The summed E-state index contributed by atoms with van der Waals surface area (Å²) in [4.78, 5) is 38.2. The van der Waals surface area contributed by atoms with Gasteiger partial charge in [-0.1, -0.05) is 268 Å². The molecule has 6 nitrogen and oxygen atoms in total. The molecular weight excluding hydrogens is 889 g/mol. The van der Waals surface area contributed by atoms with Crippen LogP contribution in [0.5, 0.6) is 0 Å². The minimum atomic E-state index is -0.777. The SMILES string of the molecule is CCC/C=C\CCCCCCCC(=O)OCC(COC(=O)CCCCCCCCCCCCCCCCC/C=C\C/C=C\CCCCCCC)OC(=O)CCCCCCCCC/C=C\CCCCCCCC. The van der Waals surface area contributed by atoms with Crippen molar-refractivity contribution in [1.29, 1.82) is 0 Å². The van der Waals surface area contributed by atoms with E-state index in [0.717, 1.165) is 77.0 Å². The first-order valence-electron chi connectivity index (χ1n) is 31.6. The number of hydrogen-bond acceptors (Lipinski definition) is 6. The van der Waals surface area contributed by atoms with Crippen molar-refractivity contribution in [1.82, 2.24) is 0 Å². The van der Waals surface area contributed by atoms with Crippen LogP contribution in [-0.4, -0.2) is 37.2 Å². The van der Waals surface area contributed by atoms with E-state index in [0.29, 0.717) is 19.3 Å². The molecule has 420 valence electrons. The van der Waals surface area contributed by atoms with Gasteiger partial charge in [0.25, 0.3) is 0 Å². The quantitative estimate of drug-likeness (QED) is 0.0261. The molecule has 0 rings (SSSR count). The summed E-state index contributed by atoms with van der Waals surface area (Å²) in [7, 11) is 0. The molecule has 0 aliphatic rings. The Balaban J connectivity index is 4.17. The van der Waals surface area contributed by atoms with Crippen LogP contribution in [0.15, 0.2) is 48.6 Å². The molecule has 0 radical (unpaired) electrons. The van der Waals surface area contributed by atoms with E-state index in [1.54, 1.807) is 0 Å². The number of unbranched alkanes of at least 4 members (excludes halogenated alkanes) is 39. The number of carbonyl (C=O) groups excluding carboxylic acids is 3. The lowest BCUT2D eigenvalue weighted by Crippen LogP contribution is -2.30. The first-order chi connectivity index (χ1) is 35.5. The van der Waals surface area contributed by atoms with Crippen molar-refractivity contribution >= 4 is 17.9 Å².